The maximum atomic E-state index is 13.0. The molecular formula is C92H146NO8+. The van der Waals surface area contributed by atoms with E-state index in [-0.39, 0.29) is 38.6 Å². The topological polar surface area (TPSA) is 108 Å². The second-order valence-corrected chi connectivity index (χ2v) is 26.9. The Hall–Kier alpha value is -6.39. The van der Waals surface area contributed by atoms with Gasteiger partial charge in [-0.1, -0.05) is 335 Å². The van der Waals surface area contributed by atoms with Crippen molar-refractivity contribution in [3.8, 4) is 0 Å². The quantitative estimate of drug-likeness (QED) is 0.0211. The molecule has 2 unspecified atom stereocenters. The van der Waals surface area contributed by atoms with E-state index in [2.05, 4.69) is 233 Å². The van der Waals surface area contributed by atoms with Gasteiger partial charge in [0.15, 0.2) is 6.10 Å². The highest BCUT2D eigenvalue weighted by Gasteiger charge is 2.25. The van der Waals surface area contributed by atoms with Crippen molar-refractivity contribution >= 4 is 17.9 Å². The van der Waals surface area contributed by atoms with Gasteiger partial charge in [-0.15, -0.1) is 0 Å². The molecule has 566 valence electrons. The number of hydrogen-bond donors (Lipinski definition) is 1. The van der Waals surface area contributed by atoms with Crippen LogP contribution in [-0.4, -0.2) is 87.4 Å². The predicted molar refractivity (Wildman–Crippen MR) is 437 cm³/mol. The number of aliphatic carboxylic acids is 1. The molecule has 101 heavy (non-hydrogen) atoms. The standard InChI is InChI=1S/C92H145NO8/c1-6-8-10-12-14-16-18-20-22-24-26-28-30-32-34-36-38-40-42-44-45-47-49-51-53-55-57-59-61-63-65-67-69-71-73-75-77-79-81-83-90(95)101-88(87-100-92(91(96)97)98-85-84-93(3,4)5)86-99-89(94)82-80-78-76-74-72-70-68-66-64-62-60-58-56-54-52-50-48-46-43-41-39-37-35-33-31-29-27-25-23-21-19-17-15-13-11-9-7-2/h8-11,14-17,20-23,26-29,32-35,38-41,44-46,48-49,51-52,54-55,57-58,60,88,92H,6-7,12-13,18-19,24-25,30-31,36-37,42-43,47,50,53,56,59,61-87H2,1-5H3/p+1/b10-8-,11-9-,16-14-,17-15-,22-20-,23-21-,28-26-,29-27-,34-32-,35-33-,40-38-,41-39-,45-44-,48-46-,51-49-,54-52-,57-55-,60-58-. The Morgan fingerprint density at radius 1 is 0.297 bits per heavy atom. The minimum Gasteiger partial charge on any atom is -0.477 e. The summed E-state index contributed by atoms with van der Waals surface area (Å²) in [7, 11) is 5.97. The molecule has 0 saturated heterocycles. The Kier molecular flexibility index (Phi) is 74.3. The summed E-state index contributed by atoms with van der Waals surface area (Å²) in [6, 6.07) is 0. The van der Waals surface area contributed by atoms with E-state index in [0.29, 0.717) is 17.4 Å². The third-order valence-corrected chi connectivity index (χ3v) is 16.2. The molecule has 1 N–H and O–H groups in total. The first kappa shape index (κ1) is 94.6. The van der Waals surface area contributed by atoms with Gasteiger partial charge in [0, 0.05) is 12.8 Å². The predicted octanol–water partition coefficient (Wildman–Crippen LogP) is 26.0. The number of ether oxygens (including phenoxy) is 4. The normalized spacial score (nSPS) is 13.9. The summed E-state index contributed by atoms with van der Waals surface area (Å²) >= 11 is 0. The van der Waals surface area contributed by atoms with Gasteiger partial charge in [0.05, 0.1) is 34.4 Å². The van der Waals surface area contributed by atoms with Crippen molar-refractivity contribution in [3.63, 3.8) is 0 Å². The molecule has 0 radical (unpaired) electrons. The van der Waals surface area contributed by atoms with E-state index >= 15 is 0 Å². The van der Waals surface area contributed by atoms with Crippen LogP contribution in [0.1, 0.15) is 284 Å². The molecule has 9 nitrogen and oxygen atoms in total. The number of quaternary nitrogens is 1. The summed E-state index contributed by atoms with van der Waals surface area (Å²) < 4.78 is 23.0. The van der Waals surface area contributed by atoms with Gasteiger partial charge in [-0.25, -0.2) is 4.79 Å². The van der Waals surface area contributed by atoms with Gasteiger partial charge < -0.3 is 28.5 Å². The van der Waals surface area contributed by atoms with Crippen molar-refractivity contribution in [1.29, 1.82) is 0 Å². The summed E-state index contributed by atoms with van der Waals surface area (Å²) in [5, 5.41) is 9.78. The van der Waals surface area contributed by atoms with E-state index in [4.69, 9.17) is 18.9 Å². The van der Waals surface area contributed by atoms with Gasteiger partial charge in [-0.2, -0.15) is 0 Å². The molecule has 0 aliphatic carbocycles. The fraction of sp³-hybridized carbons (Fsp3) is 0.576. The molecule has 0 rings (SSSR count). The lowest BCUT2D eigenvalue weighted by Crippen LogP contribution is -2.40. The minimum atomic E-state index is -1.53. The van der Waals surface area contributed by atoms with Gasteiger partial charge in [0.1, 0.15) is 13.2 Å². The molecule has 0 saturated carbocycles. The third kappa shape index (κ3) is 80.8. The van der Waals surface area contributed by atoms with Crippen LogP contribution in [0.5, 0.6) is 0 Å². The first-order valence-corrected chi connectivity index (χ1v) is 39.9. The lowest BCUT2D eigenvalue weighted by Gasteiger charge is -2.25. The van der Waals surface area contributed by atoms with Crippen LogP contribution in [0.3, 0.4) is 0 Å². The Morgan fingerprint density at radius 3 is 0.792 bits per heavy atom. The van der Waals surface area contributed by atoms with Crippen LogP contribution in [0.15, 0.2) is 219 Å². The summed E-state index contributed by atoms with van der Waals surface area (Å²) in [5.41, 5.74) is 0. The summed E-state index contributed by atoms with van der Waals surface area (Å²) in [5.74, 6) is -2.03. The largest absolute Gasteiger partial charge is 0.477 e. The van der Waals surface area contributed by atoms with E-state index in [1.54, 1.807) is 0 Å². The number of unbranched alkanes of at least 4 members (excludes halogenated alkanes) is 20. The van der Waals surface area contributed by atoms with Crippen LogP contribution in [-0.2, 0) is 33.3 Å². The van der Waals surface area contributed by atoms with E-state index < -0.39 is 24.3 Å². The zero-order valence-corrected chi connectivity index (χ0v) is 64.7. The molecule has 0 amide bonds. The van der Waals surface area contributed by atoms with E-state index in [9.17, 15) is 19.5 Å². The number of rotatable bonds is 71. The van der Waals surface area contributed by atoms with Crippen LogP contribution in [0, 0.1) is 0 Å². The second kappa shape index (κ2) is 79.3. The maximum Gasteiger partial charge on any atom is 0.361 e. The lowest BCUT2D eigenvalue weighted by molar-refractivity contribution is -0.870. The van der Waals surface area contributed by atoms with Crippen LogP contribution < -0.4 is 0 Å². The number of carboxylic acids is 1. The molecule has 0 aliphatic heterocycles. The molecule has 0 spiro atoms. The second-order valence-electron chi connectivity index (χ2n) is 26.9. The van der Waals surface area contributed by atoms with Crippen molar-refractivity contribution in [3.05, 3.63) is 219 Å². The smallest absolute Gasteiger partial charge is 0.361 e. The highest BCUT2D eigenvalue weighted by molar-refractivity contribution is 5.71. The van der Waals surface area contributed by atoms with Crippen LogP contribution in [0.25, 0.3) is 0 Å². The van der Waals surface area contributed by atoms with Crippen LogP contribution in [0.2, 0.25) is 0 Å². The summed E-state index contributed by atoms with van der Waals surface area (Å²) in [4.78, 5) is 37.8. The Morgan fingerprint density at radius 2 is 0.535 bits per heavy atom. The molecule has 0 fully saturated rings. The number of nitrogens with zero attached hydrogens (tertiary/aromatic N) is 1. The van der Waals surface area contributed by atoms with Gasteiger partial charge in [-0.3, -0.25) is 9.59 Å². The minimum absolute atomic E-state index is 0.175. The molecule has 0 aromatic carbocycles. The summed E-state index contributed by atoms with van der Waals surface area (Å²) in [6.45, 7) is 4.62. The number of likely N-dealkylation sites (N-methyl/N-ethyl adjacent to an activating group) is 1. The van der Waals surface area contributed by atoms with Crippen molar-refractivity contribution in [2.45, 2.75) is 296 Å². The number of carbonyl (C=O) groups is 3. The first-order chi connectivity index (χ1) is 49.6. The number of allylic oxidation sites excluding steroid dienone is 36. The highest BCUT2D eigenvalue weighted by atomic mass is 16.7. The van der Waals surface area contributed by atoms with Crippen molar-refractivity contribution in [2.75, 3.05) is 47.5 Å². The number of carbonyl (C=O) groups excluding carboxylic acids is 2. The zero-order valence-electron chi connectivity index (χ0n) is 64.7. The van der Waals surface area contributed by atoms with Crippen molar-refractivity contribution in [2.24, 2.45) is 0 Å². The maximum absolute atomic E-state index is 13.0. The van der Waals surface area contributed by atoms with Gasteiger partial charge >= 0.3 is 17.9 Å². The molecule has 9 heteroatoms. The van der Waals surface area contributed by atoms with E-state index in [1.807, 2.05) is 21.1 Å². The average Bonchev–Trinajstić information content (AvgIpc) is 1.21. The Bertz CT molecular complexity index is 2470. The molecule has 2 atom stereocenters. The molecule has 0 aliphatic rings. The van der Waals surface area contributed by atoms with E-state index in [1.165, 1.54) is 77.0 Å². The zero-order chi connectivity index (χ0) is 73.2. The number of hydrogen-bond acceptors (Lipinski definition) is 7. The Balaban J connectivity index is 4.16. The molecule has 0 aromatic rings. The molecule has 0 bridgehead atoms. The van der Waals surface area contributed by atoms with Gasteiger partial charge in [-0.05, 0) is 154 Å². The average molecular weight is 1390 g/mol. The molecule has 0 aromatic heterocycles. The van der Waals surface area contributed by atoms with E-state index in [0.717, 1.165) is 173 Å². The van der Waals surface area contributed by atoms with Crippen LogP contribution in [0.4, 0.5) is 0 Å². The molecular weight excluding hydrogens is 1250 g/mol. The SMILES string of the molecule is CC/C=C\C/C=C\C/C=C\C/C=C\C/C=C\C/C=C\C/C=C\C/C=C\C/C=C\CCCCCCCCCCCCCC(=O)OC(COC(=O)CCCCCCCCCCC/C=C\C/C=C\C/C=C\C/C=C\C/C=C\C/C=C\C/C=C\C/C=C\C/C=C\CC)COC(OCC[N+](C)(C)C)C(=O)O. The highest BCUT2D eigenvalue weighted by Crippen LogP contribution is 2.16. The van der Waals surface area contributed by atoms with Crippen LogP contribution >= 0.6 is 0 Å². The monoisotopic (exact) mass is 1390 g/mol. The van der Waals surface area contributed by atoms with Gasteiger partial charge in [0.25, 0.3) is 6.29 Å². The van der Waals surface area contributed by atoms with Crippen molar-refractivity contribution in [1.82, 2.24) is 0 Å². The number of esters is 2. The third-order valence-electron chi connectivity index (χ3n) is 16.2. The summed E-state index contributed by atoms with van der Waals surface area (Å²) in [6.07, 6.45) is 122. The Labute approximate surface area is 619 Å². The van der Waals surface area contributed by atoms with Crippen molar-refractivity contribution < 1.29 is 42.9 Å². The lowest BCUT2D eigenvalue weighted by atomic mass is 10.0. The first-order valence-electron chi connectivity index (χ1n) is 39.9. The molecule has 0 heterocycles. The van der Waals surface area contributed by atoms with Gasteiger partial charge in [0.2, 0.25) is 0 Å². The number of carboxylic acid groups (broad SMARTS) is 1. The fourth-order valence-corrected chi connectivity index (χ4v) is 10.2. The fourth-order valence-electron chi connectivity index (χ4n) is 10.2.